The van der Waals surface area contributed by atoms with E-state index in [2.05, 4.69) is 40.3 Å². The molecule has 2 aliphatic rings. The van der Waals surface area contributed by atoms with Crippen molar-refractivity contribution in [1.29, 1.82) is 5.26 Å². The van der Waals surface area contributed by atoms with Crippen molar-refractivity contribution in [3.63, 3.8) is 0 Å². The highest BCUT2D eigenvalue weighted by molar-refractivity contribution is 6.41. The number of ether oxygens (including phenoxy) is 2. The Balaban J connectivity index is 1.35. The number of carbonyl (C=O) groups excluding carboxylic acids is 1. The predicted molar refractivity (Wildman–Crippen MR) is 137 cm³/mol. The molecule has 2 aliphatic heterocycles. The Labute approximate surface area is 211 Å². The van der Waals surface area contributed by atoms with E-state index in [0.717, 1.165) is 30.0 Å². The number of esters is 1. The molecule has 0 amide bonds. The Hall–Kier alpha value is -3.61. The minimum Gasteiger partial charge on any atom is -0.495 e. The van der Waals surface area contributed by atoms with Gasteiger partial charge in [0.05, 0.1) is 30.3 Å². The monoisotopic (exact) mass is 483 g/mol. The van der Waals surface area contributed by atoms with Crippen molar-refractivity contribution in [2.45, 2.75) is 37.9 Å². The summed E-state index contributed by atoms with van der Waals surface area (Å²) < 4.78 is 16.5. The van der Waals surface area contributed by atoms with Crippen LogP contribution in [0.5, 0.6) is 5.75 Å². The Morgan fingerprint density at radius 2 is 2.11 bits per heavy atom. The van der Waals surface area contributed by atoms with Crippen LogP contribution in [0.15, 0.2) is 35.0 Å². The fourth-order valence-electron chi connectivity index (χ4n) is 5.43. The number of piperazine rings is 1. The third-order valence-corrected chi connectivity index (χ3v) is 6.92. The number of benzene rings is 1. The molecule has 0 aliphatic carbocycles. The minimum absolute atomic E-state index is 0.0948. The fourth-order valence-corrected chi connectivity index (χ4v) is 5.43. The molecule has 0 bridgehead atoms. The molecule has 2 atom stereocenters. The number of nitriles is 1. The quantitative estimate of drug-likeness (QED) is 0.420. The molecule has 36 heavy (non-hydrogen) atoms. The van der Waals surface area contributed by atoms with Gasteiger partial charge in [-0.15, -0.1) is 0 Å². The fraction of sp³-hybridized carbons (Fsp3) is 0.360. The maximum absolute atomic E-state index is 12.3. The largest absolute Gasteiger partial charge is 0.495 e. The second-order valence-electron chi connectivity index (χ2n) is 9.98. The van der Waals surface area contributed by atoms with Gasteiger partial charge in [-0.05, 0) is 36.6 Å². The van der Waals surface area contributed by atoms with Crippen molar-refractivity contribution in [3.05, 3.63) is 64.0 Å². The summed E-state index contributed by atoms with van der Waals surface area (Å²) in [6.07, 6.45) is 1.48. The first-order chi connectivity index (χ1) is 17.2. The molecule has 5 rings (SSSR count). The summed E-state index contributed by atoms with van der Waals surface area (Å²) >= 11 is 0. The van der Waals surface area contributed by atoms with E-state index < -0.39 is 5.40 Å². The van der Waals surface area contributed by atoms with Gasteiger partial charge in [0.2, 0.25) is 0 Å². The molecular weight excluding hydrogens is 456 g/mol. The van der Waals surface area contributed by atoms with Crippen LogP contribution in [0.3, 0.4) is 0 Å². The van der Waals surface area contributed by atoms with E-state index in [4.69, 9.17) is 14.0 Å². The van der Waals surface area contributed by atoms with E-state index in [-0.39, 0.29) is 18.1 Å². The molecule has 1 saturated heterocycles. The molecule has 1 fully saturated rings. The van der Waals surface area contributed by atoms with E-state index in [1.807, 2.05) is 33.9 Å². The summed E-state index contributed by atoms with van der Waals surface area (Å²) in [6.45, 7) is 6.46. The molecule has 0 radical (unpaired) electrons. The molecule has 2 aromatic heterocycles. The first kappa shape index (κ1) is 24.1. The van der Waals surface area contributed by atoms with E-state index in [0.29, 0.717) is 34.8 Å². The Morgan fingerprint density at radius 1 is 1.31 bits per heavy atom. The number of carbonyl (C=O) groups is 1. The number of hydrogen-bond acceptors (Lipinski definition) is 9. The van der Waals surface area contributed by atoms with Gasteiger partial charge in [0.15, 0.2) is 21.5 Å². The lowest BCUT2D eigenvalue weighted by Gasteiger charge is -2.38. The van der Waals surface area contributed by atoms with Crippen molar-refractivity contribution in [2.75, 3.05) is 20.2 Å². The van der Waals surface area contributed by atoms with Gasteiger partial charge in [-0.3, -0.25) is 9.88 Å². The smallest absolute Gasteiger partial charge is 0.337 e. The Morgan fingerprint density at radius 3 is 2.86 bits per heavy atom. The van der Waals surface area contributed by atoms with Crippen molar-refractivity contribution in [1.82, 2.24) is 20.4 Å². The average Bonchev–Trinajstić information content (AvgIpc) is 3.39. The maximum Gasteiger partial charge on any atom is 0.337 e. The van der Waals surface area contributed by atoms with Crippen molar-refractivity contribution >= 4 is 21.7 Å². The van der Waals surface area contributed by atoms with Gasteiger partial charge < -0.3 is 19.3 Å². The number of hydrogen-bond donors (Lipinski definition) is 1. The summed E-state index contributed by atoms with van der Waals surface area (Å²) in [5, 5.41) is 16.5. The van der Waals surface area contributed by atoms with Crippen LogP contribution in [-0.4, -0.2) is 62.9 Å². The number of nitrogens with one attached hydrogen (secondary N) is 1. The number of aromatic nitrogens is 2. The zero-order valence-electron chi connectivity index (χ0n) is 21.1. The molecule has 0 unspecified atom stereocenters. The number of pyridine rings is 1. The molecule has 3 aromatic rings. The normalized spacial score (nSPS) is 21.0. The number of fused-ring (bicyclic) bond motifs is 1. The Kier molecular flexibility index (Phi) is 6.10. The van der Waals surface area contributed by atoms with Gasteiger partial charge >= 0.3 is 5.97 Å². The zero-order valence-corrected chi connectivity index (χ0v) is 21.1. The predicted octanol–water partition coefficient (Wildman–Crippen LogP) is 1.01. The number of cyclic esters (lactones) is 1. The third kappa shape index (κ3) is 4.27. The van der Waals surface area contributed by atoms with Crippen molar-refractivity contribution in [2.24, 2.45) is 0 Å². The van der Waals surface area contributed by atoms with Gasteiger partial charge in [-0.25, -0.2) is 4.79 Å². The van der Waals surface area contributed by atoms with E-state index in [1.165, 1.54) is 18.9 Å². The molecular formula is C25H27B2N5O4. The standard InChI is InChI=1S/C25H27B2N5O4/c1-13-10-32(11-16-6-20(31-36-16)19-7-22(34-3)15(8-28)9-29-19)12-21(30-13)17-4-5-18-23(14(17)2)25(26,27)35-24(18)33/h4-7,9,13,21,30H,10-12,26-27H2,1-3H3/t13-,21-/m0/s1. The Bertz CT molecular complexity index is 1380. The van der Waals surface area contributed by atoms with E-state index in [1.54, 1.807) is 6.07 Å². The lowest BCUT2D eigenvalue weighted by atomic mass is 9.60. The summed E-state index contributed by atoms with van der Waals surface area (Å²) in [4.78, 5) is 19.0. The molecule has 182 valence electrons. The van der Waals surface area contributed by atoms with Crippen LogP contribution in [0.4, 0.5) is 0 Å². The molecule has 1 N–H and O–H groups in total. The minimum atomic E-state index is -0.634. The van der Waals surface area contributed by atoms with Crippen LogP contribution in [0.2, 0.25) is 0 Å². The second kappa shape index (κ2) is 9.12. The van der Waals surface area contributed by atoms with Crippen LogP contribution >= 0.6 is 0 Å². The van der Waals surface area contributed by atoms with Crippen LogP contribution in [0.1, 0.15) is 51.3 Å². The van der Waals surface area contributed by atoms with Crippen LogP contribution < -0.4 is 10.1 Å². The second-order valence-corrected chi connectivity index (χ2v) is 9.98. The topological polar surface area (TPSA) is 114 Å². The maximum atomic E-state index is 12.3. The average molecular weight is 483 g/mol. The van der Waals surface area contributed by atoms with Crippen LogP contribution in [-0.2, 0) is 16.7 Å². The third-order valence-electron chi connectivity index (χ3n) is 6.92. The van der Waals surface area contributed by atoms with Gasteiger partial charge in [-0.2, -0.15) is 5.26 Å². The highest BCUT2D eigenvalue weighted by Crippen LogP contribution is 2.38. The number of nitrogens with zero attached hydrogens (tertiary/aromatic N) is 4. The molecule has 4 heterocycles. The van der Waals surface area contributed by atoms with Gasteiger partial charge in [-0.1, -0.05) is 11.2 Å². The summed E-state index contributed by atoms with van der Waals surface area (Å²) in [5.74, 6) is 0.923. The van der Waals surface area contributed by atoms with Gasteiger partial charge in [0, 0.05) is 43.5 Å². The first-order valence-corrected chi connectivity index (χ1v) is 12.0. The van der Waals surface area contributed by atoms with Crippen molar-refractivity contribution in [3.8, 4) is 23.2 Å². The van der Waals surface area contributed by atoms with E-state index >= 15 is 0 Å². The van der Waals surface area contributed by atoms with Gasteiger partial charge in [0.25, 0.3) is 0 Å². The SMILES string of the molecule is BC1(B)OC(=O)c2ccc([C@@H]3CN(Cc4cc(-c5cc(OC)c(C#N)cn5)no4)C[C@H](C)N3)c(C)c21. The lowest BCUT2D eigenvalue weighted by molar-refractivity contribution is 0.0444. The molecule has 9 nitrogen and oxygen atoms in total. The van der Waals surface area contributed by atoms with Crippen molar-refractivity contribution < 1.29 is 18.8 Å². The van der Waals surface area contributed by atoms with E-state index in [9.17, 15) is 10.1 Å². The molecule has 0 saturated carbocycles. The van der Waals surface area contributed by atoms with Crippen LogP contribution in [0, 0.1) is 18.3 Å². The highest BCUT2D eigenvalue weighted by atomic mass is 16.6. The highest BCUT2D eigenvalue weighted by Gasteiger charge is 2.40. The molecule has 1 aromatic carbocycles. The lowest BCUT2D eigenvalue weighted by Crippen LogP contribution is -2.50. The summed E-state index contributed by atoms with van der Waals surface area (Å²) in [7, 11) is 5.40. The first-order valence-electron chi connectivity index (χ1n) is 12.0. The van der Waals surface area contributed by atoms with Crippen LogP contribution in [0.25, 0.3) is 11.4 Å². The molecule has 11 heteroatoms. The summed E-state index contributed by atoms with van der Waals surface area (Å²) in [5.41, 5.74) is 5.44. The van der Waals surface area contributed by atoms with Gasteiger partial charge in [0.1, 0.15) is 23.1 Å². The number of rotatable bonds is 5. The zero-order chi connectivity index (χ0) is 25.6. The number of methoxy groups -OCH3 is 1. The molecule has 0 spiro atoms. The summed E-state index contributed by atoms with van der Waals surface area (Å²) in [6, 6.07) is 9.92.